The van der Waals surface area contributed by atoms with Crippen LogP contribution in [0.1, 0.15) is 23.2 Å². The van der Waals surface area contributed by atoms with E-state index in [0.717, 1.165) is 6.42 Å². The SMILES string of the molecule is Cl.NC[C@H]1CC[C@@H](C(=O)N2CCN(C(=O)c3c(Cl)cccc3Cl)CC2)O1. The Morgan fingerprint density at radius 2 is 1.65 bits per heavy atom. The Hall–Kier alpha value is -1.05. The first-order chi connectivity index (χ1) is 12.0. The number of halogens is 3. The van der Waals surface area contributed by atoms with Gasteiger partial charge in [-0.15, -0.1) is 12.4 Å². The number of hydrogen-bond donors (Lipinski definition) is 1. The van der Waals surface area contributed by atoms with Crippen molar-refractivity contribution in [3.8, 4) is 0 Å². The molecule has 1 aromatic rings. The Labute approximate surface area is 168 Å². The molecule has 0 spiro atoms. The number of nitrogens with zero attached hydrogens (tertiary/aromatic N) is 2. The third-order valence-electron chi connectivity index (χ3n) is 4.70. The van der Waals surface area contributed by atoms with Crippen molar-refractivity contribution in [2.24, 2.45) is 5.73 Å². The number of amides is 2. The van der Waals surface area contributed by atoms with Crippen LogP contribution in [0.25, 0.3) is 0 Å². The molecular formula is C17H22Cl3N3O3. The molecule has 2 fully saturated rings. The van der Waals surface area contributed by atoms with Gasteiger partial charge in [0.05, 0.1) is 21.7 Å². The maximum Gasteiger partial charge on any atom is 0.257 e. The average Bonchev–Trinajstić information content (AvgIpc) is 3.10. The predicted molar refractivity (Wildman–Crippen MR) is 103 cm³/mol. The van der Waals surface area contributed by atoms with Gasteiger partial charge in [-0.1, -0.05) is 29.3 Å². The normalized spacial score (nSPS) is 22.9. The van der Waals surface area contributed by atoms with Crippen molar-refractivity contribution in [3.63, 3.8) is 0 Å². The molecule has 144 valence electrons. The fourth-order valence-corrected chi connectivity index (χ4v) is 3.81. The highest BCUT2D eigenvalue weighted by Crippen LogP contribution is 2.26. The molecule has 2 atom stereocenters. The average molecular weight is 423 g/mol. The van der Waals surface area contributed by atoms with Crippen LogP contribution in [0.2, 0.25) is 10.0 Å². The summed E-state index contributed by atoms with van der Waals surface area (Å²) in [5.41, 5.74) is 5.91. The van der Waals surface area contributed by atoms with Crippen molar-refractivity contribution in [2.45, 2.75) is 25.0 Å². The highest BCUT2D eigenvalue weighted by Gasteiger charge is 2.35. The molecule has 0 saturated carbocycles. The van der Waals surface area contributed by atoms with Gasteiger partial charge in [0.2, 0.25) is 0 Å². The Balaban J connectivity index is 0.00000243. The first-order valence-corrected chi connectivity index (χ1v) is 9.14. The first kappa shape index (κ1) is 21.3. The lowest BCUT2D eigenvalue weighted by atomic mass is 10.1. The predicted octanol–water partition coefficient (Wildman–Crippen LogP) is 2.21. The lowest BCUT2D eigenvalue weighted by Crippen LogP contribution is -2.53. The van der Waals surface area contributed by atoms with Gasteiger partial charge in [0, 0.05) is 32.7 Å². The second-order valence-electron chi connectivity index (χ2n) is 6.27. The summed E-state index contributed by atoms with van der Waals surface area (Å²) in [6.07, 6.45) is 1.08. The van der Waals surface area contributed by atoms with Crippen molar-refractivity contribution >= 4 is 47.4 Å². The number of carbonyl (C=O) groups excluding carboxylic acids is 2. The number of ether oxygens (including phenoxy) is 1. The summed E-state index contributed by atoms with van der Waals surface area (Å²) < 4.78 is 5.67. The number of nitrogens with two attached hydrogens (primary N) is 1. The summed E-state index contributed by atoms with van der Waals surface area (Å²) in [7, 11) is 0. The zero-order valence-corrected chi connectivity index (χ0v) is 16.5. The molecule has 6 nitrogen and oxygen atoms in total. The van der Waals surface area contributed by atoms with Gasteiger partial charge in [0.15, 0.2) is 0 Å². The second kappa shape index (κ2) is 9.24. The third-order valence-corrected chi connectivity index (χ3v) is 5.33. The zero-order chi connectivity index (χ0) is 18.0. The molecule has 0 radical (unpaired) electrons. The molecule has 3 rings (SSSR count). The molecular weight excluding hydrogens is 401 g/mol. The van der Waals surface area contributed by atoms with Crippen molar-refractivity contribution in [3.05, 3.63) is 33.8 Å². The van der Waals surface area contributed by atoms with E-state index in [1.807, 2.05) is 0 Å². The molecule has 0 aliphatic carbocycles. The Bertz CT molecular complexity index is 646. The van der Waals surface area contributed by atoms with Gasteiger partial charge in [0.25, 0.3) is 11.8 Å². The van der Waals surface area contributed by atoms with Crippen LogP contribution in [-0.2, 0) is 9.53 Å². The smallest absolute Gasteiger partial charge is 0.257 e. The minimum atomic E-state index is -0.409. The molecule has 0 bridgehead atoms. The molecule has 2 aliphatic rings. The molecule has 2 amide bonds. The van der Waals surface area contributed by atoms with Gasteiger partial charge in [-0.05, 0) is 25.0 Å². The maximum atomic E-state index is 12.7. The van der Waals surface area contributed by atoms with Crippen LogP contribution in [0.5, 0.6) is 0 Å². The number of benzene rings is 1. The molecule has 0 unspecified atom stereocenters. The Morgan fingerprint density at radius 1 is 1.08 bits per heavy atom. The van der Waals surface area contributed by atoms with Gasteiger partial charge in [-0.3, -0.25) is 9.59 Å². The monoisotopic (exact) mass is 421 g/mol. The lowest BCUT2D eigenvalue weighted by molar-refractivity contribution is -0.144. The molecule has 9 heteroatoms. The van der Waals surface area contributed by atoms with E-state index >= 15 is 0 Å². The number of carbonyl (C=O) groups is 2. The molecule has 2 saturated heterocycles. The van der Waals surface area contributed by atoms with Crippen molar-refractivity contribution in [2.75, 3.05) is 32.7 Å². The third kappa shape index (κ3) is 4.43. The van der Waals surface area contributed by atoms with Gasteiger partial charge < -0.3 is 20.3 Å². The highest BCUT2D eigenvalue weighted by molar-refractivity contribution is 6.39. The Morgan fingerprint density at radius 3 is 2.19 bits per heavy atom. The van der Waals surface area contributed by atoms with Crippen LogP contribution in [0, 0.1) is 0 Å². The lowest BCUT2D eigenvalue weighted by Gasteiger charge is -2.36. The molecule has 1 aromatic carbocycles. The summed E-state index contributed by atoms with van der Waals surface area (Å²) in [5, 5.41) is 0.673. The molecule has 0 aromatic heterocycles. The van der Waals surface area contributed by atoms with Crippen LogP contribution in [0.4, 0.5) is 0 Å². The first-order valence-electron chi connectivity index (χ1n) is 8.39. The van der Waals surface area contributed by atoms with Gasteiger partial charge in [0.1, 0.15) is 6.10 Å². The zero-order valence-electron chi connectivity index (χ0n) is 14.2. The van der Waals surface area contributed by atoms with Crippen LogP contribution in [0.3, 0.4) is 0 Å². The summed E-state index contributed by atoms with van der Waals surface area (Å²) in [6, 6.07) is 4.99. The highest BCUT2D eigenvalue weighted by atomic mass is 35.5. The van der Waals surface area contributed by atoms with Crippen LogP contribution in [0.15, 0.2) is 18.2 Å². The van der Waals surface area contributed by atoms with E-state index in [-0.39, 0.29) is 30.3 Å². The van der Waals surface area contributed by atoms with E-state index in [9.17, 15) is 9.59 Å². The van der Waals surface area contributed by atoms with Gasteiger partial charge in [-0.25, -0.2) is 0 Å². The second-order valence-corrected chi connectivity index (χ2v) is 7.09. The van der Waals surface area contributed by atoms with Crippen LogP contribution >= 0.6 is 35.6 Å². The largest absolute Gasteiger partial charge is 0.364 e. The quantitative estimate of drug-likeness (QED) is 0.810. The summed E-state index contributed by atoms with van der Waals surface area (Å²) >= 11 is 12.2. The number of hydrogen-bond acceptors (Lipinski definition) is 4. The molecule has 2 heterocycles. The van der Waals surface area contributed by atoms with E-state index in [4.69, 9.17) is 33.7 Å². The topological polar surface area (TPSA) is 75.9 Å². The van der Waals surface area contributed by atoms with Crippen molar-refractivity contribution in [1.29, 1.82) is 0 Å². The summed E-state index contributed by atoms with van der Waals surface area (Å²) in [6.45, 7) is 2.27. The number of rotatable bonds is 3. The van der Waals surface area contributed by atoms with Crippen molar-refractivity contribution in [1.82, 2.24) is 9.80 Å². The Kier molecular flexibility index (Phi) is 7.55. The van der Waals surface area contributed by atoms with Crippen molar-refractivity contribution < 1.29 is 14.3 Å². The van der Waals surface area contributed by atoms with E-state index in [1.165, 1.54) is 0 Å². The minimum Gasteiger partial charge on any atom is -0.364 e. The van der Waals surface area contributed by atoms with Gasteiger partial charge >= 0.3 is 0 Å². The summed E-state index contributed by atoms with van der Waals surface area (Å²) in [5.74, 6) is -0.221. The fourth-order valence-electron chi connectivity index (χ4n) is 3.25. The summed E-state index contributed by atoms with van der Waals surface area (Å²) in [4.78, 5) is 28.6. The van der Waals surface area contributed by atoms with E-state index in [2.05, 4.69) is 0 Å². The van der Waals surface area contributed by atoms with E-state index in [1.54, 1.807) is 28.0 Å². The number of piperazine rings is 1. The van der Waals surface area contributed by atoms with Gasteiger partial charge in [-0.2, -0.15) is 0 Å². The van der Waals surface area contributed by atoms with E-state index in [0.29, 0.717) is 54.8 Å². The van der Waals surface area contributed by atoms with Crippen LogP contribution in [-0.4, -0.2) is 66.5 Å². The molecule has 2 N–H and O–H groups in total. The fraction of sp³-hybridized carbons (Fsp3) is 0.529. The molecule has 2 aliphatic heterocycles. The maximum absolute atomic E-state index is 12.7. The molecule has 26 heavy (non-hydrogen) atoms. The van der Waals surface area contributed by atoms with Crippen LogP contribution < -0.4 is 5.73 Å². The standard InChI is InChI=1S/C17H21Cl2N3O3.ClH/c18-12-2-1-3-13(19)15(12)17(24)22-8-6-21(7-9-22)16(23)14-5-4-11(10-20)25-14;/h1-3,11,14H,4-10,20H2;1H/t11-,14+;/m1./s1. The minimum absolute atomic E-state index is 0. The van der Waals surface area contributed by atoms with E-state index < -0.39 is 6.10 Å².